The van der Waals surface area contributed by atoms with Crippen molar-refractivity contribution in [3.63, 3.8) is 0 Å². The molecule has 2 N–H and O–H groups in total. The maximum atomic E-state index is 12.2. The van der Waals surface area contributed by atoms with Gasteiger partial charge < -0.3 is 4.57 Å². The molecule has 104 valence electrons. The third-order valence-electron chi connectivity index (χ3n) is 3.92. The molecule has 2 amide bonds. The van der Waals surface area contributed by atoms with Crippen LogP contribution < -0.4 is 10.9 Å². The van der Waals surface area contributed by atoms with Crippen molar-refractivity contribution in [2.75, 3.05) is 0 Å². The van der Waals surface area contributed by atoms with Gasteiger partial charge in [0.25, 0.3) is 5.91 Å². The van der Waals surface area contributed by atoms with Gasteiger partial charge >= 0.3 is 0 Å². The molecule has 1 aliphatic rings. The molecule has 3 rings (SSSR count). The Balaban J connectivity index is 1.74. The smallest absolute Gasteiger partial charge is 0.271 e. The number of hydrogen-bond acceptors (Lipinski definition) is 2. The molecule has 0 saturated heterocycles. The predicted molar refractivity (Wildman–Crippen MR) is 75.9 cm³/mol. The first-order chi connectivity index (χ1) is 9.66. The summed E-state index contributed by atoms with van der Waals surface area (Å²) in [5.74, 6) is -0.317. The van der Waals surface area contributed by atoms with E-state index in [1.54, 1.807) is 6.20 Å². The van der Waals surface area contributed by atoms with Gasteiger partial charge in [-0.1, -0.05) is 24.6 Å². The Morgan fingerprint density at radius 3 is 2.65 bits per heavy atom. The van der Waals surface area contributed by atoms with Gasteiger partial charge in [0.2, 0.25) is 5.91 Å². The second-order valence-corrected chi connectivity index (χ2v) is 5.24. The Morgan fingerprint density at radius 2 is 1.95 bits per heavy atom. The van der Waals surface area contributed by atoms with Crippen LogP contribution in [0.2, 0.25) is 0 Å². The number of aromatic nitrogens is 1. The van der Waals surface area contributed by atoms with E-state index in [9.17, 15) is 9.59 Å². The lowest BCUT2D eigenvalue weighted by atomic mass is 9.85. The zero-order valence-electron chi connectivity index (χ0n) is 11.3. The summed E-state index contributed by atoms with van der Waals surface area (Å²) in [5, 5.41) is 0.880. The number of nitrogens with zero attached hydrogens (tertiary/aromatic N) is 1. The molecule has 0 atom stereocenters. The van der Waals surface area contributed by atoms with Crippen molar-refractivity contribution in [1.82, 2.24) is 15.4 Å². The van der Waals surface area contributed by atoms with Gasteiger partial charge in [-0.05, 0) is 18.9 Å². The zero-order valence-corrected chi connectivity index (χ0v) is 11.3. The van der Waals surface area contributed by atoms with Crippen LogP contribution in [-0.4, -0.2) is 16.4 Å². The number of rotatable bonds is 2. The van der Waals surface area contributed by atoms with E-state index in [0.717, 1.165) is 30.2 Å². The molecule has 0 aliphatic heterocycles. The molecule has 1 saturated carbocycles. The Kier molecular flexibility index (Phi) is 3.18. The summed E-state index contributed by atoms with van der Waals surface area (Å²) in [5.41, 5.74) is 6.57. The Labute approximate surface area is 116 Å². The van der Waals surface area contributed by atoms with Gasteiger partial charge in [0.1, 0.15) is 0 Å². The van der Waals surface area contributed by atoms with Gasteiger partial charge in [-0.3, -0.25) is 20.4 Å². The molecule has 0 bridgehead atoms. The SMILES string of the molecule is Cn1cc(C(=O)NNC(=O)C2CCC2)c2ccccc21. The summed E-state index contributed by atoms with van der Waals surface area (Å²) < 4.78 is 1.90. The van der Waals surface area contributed by atoms with Crippen LogP contribution in [-0.2, 0) is 11.8 Å². The third-order valence-corrected chi connectivity index (χ3v) is 3.92. The van der Waals surface area contributed by atoms with Gasteiger partial charge in [0.15, 0.2) is 0 Å². The van der Waals surface area contributed by atoms with E-state index >= 15 is 0 Å². The van der Waals surface area contributed by atoms with Gasteiger partial charge in [-0.2, -0.15) is 0 Å². The first-order valence-electron chi connectivity index (χ1n) is 6.81. The van der Waals surface area contributed by atoms with Crippen LogP contribution in [0.4, 0.5) is 0 Å². The molecular formula is C15H17N3O2. The number of benzene rings is 1. The Hall–Kier alpha value is -2.30. The highest BCUT2D eigenvalue weighted by molar-refractivity contribution is 6.07. The standard InChI is InChI=1S/C15H17N3O2/c1-18-9-12(11-7-2-3-8-13(11)18)15(20)17-16-14(19)10-5-4-6-10/h2-3,7-10H,4-6H2,1H3,(H,16,19)(H,17,20). The molecule has 1 heterocycles. The molecule has 20 heavy (non-hydrogen) atoms. The molecule has 0 unspecified atom stereocenters. The lowest BCUT2D eigenvalue weighted by Crippen LogP contribution is -2.45. The van der Waals surface area contributed by atoms with Gasteiger partial charge in [0.05, 0.1) is 5.56 Å². The monoisotopic (exact) mass is 271 g/mol. The number of hydrazine groups is 1. The first-order valence-corrected chi connectivity index (χ1v) is 6.81. The number of amides is 2. The minimum Gasteiger partial charge on any atom is -0.350 e. The van der Waals surface area contributed by atoms with E-state index in [-0.39, 0.29) is 17.7 Å². The fraction of sp³-hybridized carbons (Fsp3) is 0.333. The minimum absolute atomic E-state index is 0.0582. The highest BCUT2D eigenvalue weighted by Gasteiger charge is 2.25. The van der Waals surface area contributed by atoms with Crippen LogP contribution in [0.15, 0.2) is 30.5 Å². The molecule has 2 aromatic rings. The first kappa shape index (κ1) is 12.7. The van der Waals surface area contributed by atoms with E-state index in [0.29, 0.717) is 5.56 Å². The van der Waals surface area contributed by atoms with Gasteiger partial charge in [0, 0.05) is 30.1 Å². The summed E-state index contributed by atoms with van der Waals surface area (Å²) in [4.78, 5) is 23.9. The number of carbonyl (C=O) groups excluding carboxylic acids is 2. The van der Waals surface area contributed by atoms with Crippen LogP contribution >= 0.6 is 0 Å². The van der Waals surface area contributed by atoms with Crippen molar-refractivity contribution in [1.29, 1.82) is 0 Å². The number of fused-ring (bicyclic) bond motifs is 1. The van der Waals surface area contributed by atoms with Gasteiger partial charge in [-0.25, -0.2) is 0 Å². The van der Waals surface area contributed by atoms with E-state index in [1.165, 1.54) is 0 Å². The van der Waals surface area contributed by atoms with Gasteiger partial charge in [-0.15, -0.1) is 0 Å². The van der Waals surface area contributed by atoms with Crippen molar-refractivity contribution in [2.24, 2.45) is 13.0 Å². The fourth-order valence-electron chi connectivity index (χ4n) is 2.48. The molecule has 5 nitrogen and oxygen atoms in total. The normalized spacial score (nSPS) is 14.8. The Bertz CT molecular complexity index is 671. The molecule has 5 heteroatoms. The molecule has 1 fully saturated rings. The number of aryl methyl sites for hydroxylation is 1. The molecular weight excluding hydrogens is 254 g/mol. The summed E-state index contributed by atoms with van der Waals surface area (Å²) in [6.45, 7) is 0. The van der Waals surface area contributed by atoms with Crippen molar-refractivity contribution < 1.29 is 9.59 Å². The number of para-hydroxylation sites is 1. The van der Waals surface area contributed by atoms with Crippen LogP contribution in [0.25, 0.3) is 10.9 Å². The average Bonchev–Trinajstić information content (AvgIpc) is 2.72. The number of nitrogens with one attached hydrogen (secondary N) is 2. The van der Waals surface area contributed by atoms with Crippen molar-refractivity contribution >= 4 is 22.7 Å². The maximum Gasteiger partial charge on any atom is 0.271 e. The summed E-state index contributed by atoms with van der Waals surface area (Å²) in [6.07, 6.45) is 4.69. The quantitative estimate of drug-likeness (QED) is 0.817. The second-order valence-electron chi connectivity index (χ2n) is 5.24. The Morgan fingerprint density at radius 1 is 1.20 bits per heavy atom. The minimum atomic E-state index is -0.283. The summed E-state index contributed by atoms with van der Waals surface area (Å²) in [7, 11) is 1.89. The van der Waals surface area contributed by atoms with E-state index in [2.05, 4.69) is 10.9 Å². The maximum absolute atomic E-state index is 12.2. The second kappa shape index (κ2) is 5.00. The van der Waals surface area contributed by atoms with E-state index in [4.69, 9.17) is 0 Å². The number of hydrogen-bond donors (Lipinski definition) is 2. The van der Waals surface area contributed by atoms with E-state index in [1.807, 2.05) is 35.9 Å². The zero-order chi connectivity index (χ0) is 14.1. The average molecular weight is 271 g/mol. The van der Waals surface area contributed by atoms with Crippen molar-refractivity contribution in [2.45, 2.75) is 19.3 Å². The lowest BCUT2D eigenvalue weighted by Gasteiger charge is -2.23. The molecule has 1 aromatic heterocycles. The molecule has 1 aromatic carbocycles. The fourth-order valence-corrected chi connectivity index (χ4v) is 2.48. The highest BCUT2D eigenvalue weighted by atomic mass is 16.2. The summed E-state index contributed by atoms with van der Waals surface area (Å²) >= 11 is 0. The third kappa shape index (κ3) is 2.15. The topological polar surface area (TPSA) is 63.1 Å². The van der Waals surface area contributed by atoms with Crippen LogP contribution in [0, 0.1) is 5.92 Å². The predicted octanol–water partition coefficient (Wildman–Crippen LogP) is 1.74. The van der Waals surface area contributed by atoms with Crippen molar-refractivity contribution in [3.05, 3.63) is 36.0 Å². The van der Waals surface area contributed by atoms with Crippen LogP contribution in [0.3, 0.4) is 0 Å². The number of carbonyl (C=O) groups is 2. The molecule has 0 spiro atoms. The molecule has 0 radical (unpaired) electrons. The summed E-state index contributed by atoms with van der Waals surface area (Å²) in [6, 6.07) is 7.69. The van der Waals surface area contributed by atoms with Crippen molar-refractivity contribution in [3.8, 4) is 0 Å². The highest BCUT2D eigenvalue weighted by Crippen LogP contribution is 2.26. The van der Waals surface area contributed by atoms with Crippen LogP contribution in [0.1, 0.15) is 29.6 Å². The largest absolute Gasteiger partial charge is 0.350 e. The van der Waals surface area contributed by atoms with Crippen LogP contribution in [0.5, 0.6) is 0 Å². The van der Waals surface area contributed by atoms with E-state index < -0.39 is 0 Å². The molecule has 1 aliphatic carbocycles. The lowest BCUT2D eigenvalue weighted by molar-refractivity contribution is -0.128.